The van der Waals surface area contributed by atoms with E-state index in [-0.39, 0.29) is 24.3 Å². The van der Waals surface area contributed by atoms with Crippen LogP contribution in [0.5, 0.6) is 0 Å². The highest BCUT2D eigenvalue weighted by atomic mass is 16.6. The summed E-state index contributed by atoms with van der Waals surface area (Å²) < 4.78 is 7.55. The molecule has 1 fully saturated rings. The Balaban J connectivity index is 1.67. The molecular weight excluding hydrogens is 380 g/mol. The molecule has 7 nitrogen and oxygen atoms in total. The molecule has 2 aliphatic rings. The molecule has 1 aliphatic heterocycles. The lowest BCUT2D eigenvalue weighted by molar-refractivity contribution is 0.107. The minimum absolute atomic E-state index is 0.0292. The first kappa shape index (κ1) is 20.7. The van der Waals surface area contributed by atoms with Crippen LogP contribution in [0.2, 0.25) is 0 Å². The van der Waals surface area contributed by atoms with Crippen molar-refractivity contribution < 1.29 is 14.6 Å². The fraction of sp³-hybridized carbons (Fsp3) is 0.565. The number of hydrogen-bond donors (Lipinski definition) is 2. The number of nitrogens with one attached hydrogen (secondary N) is 1. The Labute approximate surface area is 177 Å². The number of ether oxygens (including phenoxy) is 1. The van der Waals surface area contributed by atoms with Gasteiger partial charge in [-0.25, -0.2) is 4.79 Å². The van der Waals surface area contributed by atoms with Crippen molar-refractivity contribution in [1.29, 1.82) is 5.26 Å². The molecule has 2 N–H and O–H groups in total. The van der Waals surface area contributed by atoms with Crippen LogP contribution < -0.4 is 5.32 Å². The Morgan fingerprint density at radius 3 is 2.90 bits per heavy atom. The number of rotatable bonds is 5. The number of alkyl carbamates (subject to hydrolysis) is 1. The Morgan fingerprint density at radius 2 is 2.20 bits per heavy atom. The molecule has 1 amide bonds. The molecule has 0 unspecified atom stereocenters. The van der Waals surface area contributed by atoms with Crippen molar-refractivity contribution >= 4 is 17.0 Å². The molecule has 30 heavy (non-hydrogen) atoms. The van der Waals surface area contributed by atoms with Gasteiger partial charge in [0.2, 0.25) is 0 Å². The number of aliphatic hydroxyl groups excluding tert-OH is 1. The standard InChI is InChI=1S/C23H30N4O3/c1-4-26-8-7-22(28)21(26)13-27-19-6-5-15(12-24)9-17(19)18-10-16(11-20(18)27)25-23(29)30-14(2)3/h5-6,9,14,16,21-22,28H,4,7-8,10-11,13H2,1-3H3,(H,25,29)/t16-,21+,22-/m0/s1. The van der Waals surface area contributed by atoms with Gasteiger partial charge in [-0.05, 0) is 57.0 Å². The summed E-state index contributed by atoms with van der Waals surface area (Å²) in [6.07, 6.45) is 1.33. The molecule has 2 heterocycles. The summed E-state index contributed by atoms with van der Waals surface area (Å²) in [6.45, 7) is 8.32. The number of benzene rings is 1. The Morgan fingerprint density at radius 1 is 1.40 bits per heavy atom. The number of hydrogen-bond acceptors (Lipinski definition) is 5. The molecular formula is C23H30N4O3. The second kappa shape index (κ2) is 8.29. The van der Waals surface area contributed by atoms with Crippen molar-refractivity contribution in [2.24, 2.45) is 0 Å². The van der Waals surface area contributed by atoms with Crippen molar-refractivity contribution in [1.82, 2.24) is 14.8 Å². The van der Waals surface area contributed by atoms with Gasteiger partial charge in [0.25, 0.3) is 0 Å². The van der Waals surface area contributed by atoms with Crippen LogP contribution in [0, 0.1) is 11.3 Å². The lowest BCUT2D eigenvalue weighted by Gasteiger charge is -2.26. The topological polar surface area (TPSA) is 90.5 Å². The third-order valence-electron chi connectivity index (χ3n) is 6.37. The van der Waals surface area contributed by atoms with Crippen LogP contribution >= 0.6 is 0 Å². The number of carbonyl (C=O) groups is 1. The molecule has 1 aromatic carbocycles. The Kier molecular flexibility index (Phi) is 5.72. The fourth-order valence-electron chi connectivity index (χ4n) is 5.00. The van der Waals surface area contributed by atoms with E-state index in [0.717, 1.165) is 30.4 Å². The highest BCUT2D eigenvalue weighted by Crippen LogP contribution is 2.35. The van der Waals surface area contributed by atoms with E-state index in [9.17, 15) is 15.2 Å². The number of nitrogens with zero attached hydrogens (tertiary/aromatic N) is 3. The highest BCUT2D eigenvalue weighted by molar-refractivity contribution is 5.88. The minimum Gasteiger partial charge on any atom is -0.447 e. The molecule has 0 spiro atoms. The summed E-state index contributed by atoms with van der Waals surface area (Å²) in [6, 6.07) is 8.09. The van der Waals surface area contributed by atoms with E-state index in [4.69, 9.17) is 4.74 Å². The lowest BCUT2D eigenvalue weighted by Crippen LogP contribution is -2.39. The number of likely N-dealkylation sites (N-methyl/N-ethyl adjacent to an activating group) is 1. The summed E-state index contributed by atoms with van der Waals surface area (Å²) in [4.78, 5) is 14.4. The number of carbonyl (C=O) groups excluding carboxylic acids is 1. The van der Waals surface area contributed by atoms with Gasteiger partial charge in [0, 0.05) is 42.1 Å². The van der Waals surface area contributed by atoms with Crippen LogP contribution in [-0.4, -0.2) is 58.0 Å². The smallest absolute Gasteiger partial charge is 0.407 e. The first-order valence-corrected chi connectivity index (χ1v) is 10.8. The zero-order valence-electron chi connectivity index (χ0n) is 17.9. The van der Waals surface area contributed by atoms with Crippen molar-refractivity contribution in [3.05, 3.63) is 35.0 Å². The van der Waals surface area contributed by atoms with Crippen LogP contribution in [-0.2, 0) is 24.1 Å². The molecule has 7 heteroatoms. The molecule has 0 bridgehead atoms. The van der Waals surface area contributed by atoms with Crippen molar-refractivity contribution in [3.63, 3.8) is 0 Å². The number of nitriles is 1. The van der Waals surface area contributed by atoms with Gasteiger partial charge in [-0.3, -0.25) is 4.90 Å². The second-order valence-corrected chi connectivity index (χ2v) is 8.64. The fourth-order valence-corrected chi connectivity index (χ4v) is 5.00. The van der Waals surface area contributed by atoms with E-state index in [0.29, 0.717) is 24.9 Å². The van der Waals surface area contributed by atoms with Gasteiger partial charge < -0.3 is 19.7 Å². The van der Waals surface area contributed by atoms with Gasteiger partial charge >= 0.3 is 6.09 Å². The normalized spacial score (nSPS) is 23.7. The lowest BCUT2D eigenvalue weighted by atomic mass is 10.1. The molecule has 4 rings (SSSR count). The van der Waals surface area contributed by atoms with Gasteiger partial charge in [0.05, 0.1) is 29.9 Å². The van der Waals surface area contributed by atoms with E-state index in [1.807, 2.05) is 32.0 Å². The van der Waals surface area contributed by atoms with Crippen LogP contribution in [0.25, 0.3) is 10.9 Å². The number of aromatic nitrogens is 1. The zero-order valence-corrected chi connectivity index (χ0v) is 17.9. The summed E-state index contributed by atoms with van der Waals surface area (Å²) in [5.41, 5.74) is 4.10. The SMILES string of the molecule is CCN1CC[C@H](O)[C@H]1Cn1c2c(c3cc(C#N)ccc31)C[C@H](NC(=O)OC(C)C)C2. The van der Waals surface area contributed by atoms with Crippen molar-refractivity contribution in [2.75, 3.05) is 13.1 Å². The maximum Gasteiger partial charge on any atom is 0.407 e. The van der Waals surface area contributed by atoms with Crippen LogP contribution in [0.3, 0.4) is 0 Å². The number of likely N-dealkylation sites (tertiary alicyclic amines) is 1. The largest absolute Gasteiger partial charge is 0.447 e. The Hall–Kier alpha value is -2.56. The van der Waals surface area contributed by atoms with E-state index in [1.165, 1.54) is 11.3 Å². The molecule has 0 radical (unpaired) electrons. The van der Waals surface area contributed by atoms with Gasteiger partial charge in [-0.15, -0.1) is 0 Å². The molecule has 1 aliphatic carbocycles. The van der Waals surface area contributed by atoms with Crippen LogP contribution in [0.4, 0.5) is 4.79 Å². The van der Waals surface area contributed by atoms with Gasteiger partial charge in [-0.1, -0.05) is 6.92 Å². The monoisotopic (exact) mass is 410 g/mol. The Bertz CT molecular complexity index is 990. The van der Waals surface area contributed by atoms with E-state index >= 15 is 0 Å². The van der Waals surface area contributed by atoms with Crippen molar-refractivity contribution in [3.8, 4) is 6.07 Å². The molecule has 1 aromatic heterocycles. The number of aliphatic hydroxyl groups is 1. The highest BCUT2D eigenvalue weighted by Gasteiger charge is 2.35. The predicted molar refractivity (Wildman–Crippen MR) is 114 cm³/mol. The van der Waals surface area contributed by atoms with Gasteiger partial charge in [-0.2, -0.15) is 5.26 Å². The predicted octanol–water partition coefficient (Wildman–Crippen LogP) is 2.57. The van der Waals surface area contributed by atoms with Crippen LogP contribution in [0.1, 0.15) is 44.0 Å². The first-order valence-electron chi connectivity index (χ1n) is 10.8. The molecule has 0 saturated carbocycles. The third kappa shape index (κ3) is 3.78. The summed E-state index contributed by atoms with van der Waals surface area (Å²) >= 11 is 0. The summed E-state index contributed by atoms with van der Waals surface area (Å²) in [5.74, 6) is 0. The summed E-state index contributed by atoms with van der Waals surface area (Å²) in [5, 5.41) is 24.0. The molecule has 3 atom stereocenters. The second-order valence-electron chi connectivity index (χ2n) is 8.64. The maximum absolute atomic E-state index is 12.1. The summed E-state index contributed by atoms with van der Waals surface area (Å²) in [7, 11) is 0. The third-order valence-corrected chi connectivity index (χ3v) is 6.37. The van der Waals surface area contributed by atoms with E-state index < -0.39 is 6.09 Å². The van der Waals surface area contributed by atoms with E-state index in [1.54, 1.807) is 0 Å². The van der Waals surface area contributed by atoms with Crippen molar-refractivity contribution in [2.45, 2.75) is 70.9 Å². The van der Waals surface area contributed by atoms with Gasteiger partial charge in [0.15, 0.2) is 0 Å². The average Bonchev–Trinajstić information content (AvgIpc) is 3.35. The van der Waals surface area contributed by atoms with Crippen LogP contribution in [0.15, 0.2) is 18.2 Å². The first-order chi connectivity index (χ1) is 14.4. The quantitative estimate of drug-likeness (QED) is 0.791. The number of fused-ring (bicyclic) bond motifs is 3. The molecule has 1 saturated heterocycles. The van der Waals surface area contributed by atoms with Gasteiger partial charge in [0.1, 0.15) is 0 Å². The maximum atomic E-state index is 12.1. The zero-order chi connectivity index (χ0) is 21.4. The molecule has 2 aromatic rings. The van der Waals surface area contributed by atoms with E-state index in [2.05, 4.69) is 27.8 Å². The minimum atomic E-state index is -0.392. The molecule has 160 valence electrons. The number of amides is 1. The average molecular weight is 411 g/mol.